The van der Waals surface area contributed by atoms with Crippen LogP contribution in [0.3, 0.4) is 0 Å². The fourth-order valence-corrected chi connectivity index (χ4v) is 1.50. The molecule has 2 N–H and O–H groups in total. The lowest BCUT2D eigenvalue weighted by atomic mass is 10.1. The molecule has 0 aliphatic heterocycles. The molecule has 0 radical (unpaired) electrons. The summed E-state index contributed by atoms with van der Waals surface area (Å²) in [5.41, 5.74) is 1.21. The van der Waals surface area contributed by atoms with Crippen molar-refractivity contribution in [3.8, 4) is 0 Å². The van der Waals surface area contributed by atoms with Crippen LogP contribution in [0.5, 0.6) is 0 Å². The average molecular weight is 267 g/mol. The van der Waals surface area contributed by atoms with Crippen molar-refractivity contribution < 1.29 is 19.7 Å². The molecule has 19 heavy (non-hydrogen) atoms. The zero-order valence-electron chi connectivity index (χ0n) is 11.2. The van der Waals surface area contributed by atoms with E-state index in [1.807, 2.05) is 6.92 Å². The smallest absolute Gasteiger partial charge is 0.356 e. The van der Waals surface area contributed by atoms with Crippen molar-refractivity contribution in [1.29, 1.82) is 0 Å². The predicted octanol–water partition coefficient (Wildman–Crippen LogP) is 1.32. The van der Waals surface area contributed by atoms with Gasteiger partial charge in [0, 0.05) is 6.20 Å². The van der Waals surface area contributed by atoms with Crippen LogP contribution >= 0.6 is 0 Å². The van der Waals surface area contributed by atoms with Crippen molar-refractivity contribution in [3.05, 3.63) is 29.6 Å². The quantitative estimate of drug-likeness (QED) is 0.548. The topological polar surface area (TPSA) is 79.7 Å². The number of carbonyl (C=O) groups excluding carboxylic acids is 1. The second-order valence-corrected chi connectivity index (χ2v) is 4.42. The van der Waals surface area contributed by atoms with Gasteiger partial charge < -0.3 is 14.9 Å². The van der Waals surface area contributed by atoms with Gasteiger partial charge in [0.15, 0.2) is 0 Å². The van der Waals surface area contributed by atoms with E-state index >= 15 is 0 Å². The first-order chi connectivity index (χ1) is 9.17. The number of aliphatic hydroxyl groups excluding tert-OH is 2. The lowest BCUT2D eigenvalue weighted by molar-refractivity contribution is 0.0492. The van der Waals surface area contributed by atoms with Gasteiger partial charge in [-0.2, -0.15) is 0 Å². The van der Waals surface area contributed by atoms with E-state index in [0.717, 1.165) is 18.4 Å². The van der Waals surface area contributed by atoms with Gasteiger partial charge in [-0.1, -0.05) is 19.4 Å². The van der Waals surface area contributed by atoms with Crippen molar-refractivity contribution in [1.82, 2.24) is 4.98 Å². The van der Waals surface area contributed by atoms with E-state index in [1.54, 1.807) is 18.3 Å². The normalized spacial score (nSPS) is 12.2. The molecule has 0 spiro atoms. The molecule has 1 heterocycles. The first-order valence-electron chi connectivity index (χ1n) is 6.58. The van der Waals surface area contributed by atoms with E-state index in [-0.39, 0.29) is 6.61 Å². The van der Waals surface area contributed by atoms with Crippen LogP contribution in [0.4, 0.5) is 0 Å². The first kappa shape index (κ1) is 15.6. The van der Waals surface area contributed by atoms with Crippen LogP contribution in [0.25, 0.3) is 0 Å². The molecule has 0 saturated heterocycles. The van der Waals surface area contributed by atoms with Gasteiger partial charge in [0.1, 0.15) is 5.69 Å². The monoisotopic (exact) mass is 267 g/mol. The van der Waals surface area contributed by atoms with Gasteiger partial charge in [-0.3, -0.25) is 0 Å². The summed E-state index contributed by atoms with van der Waals surface area (Å²) in [6, 6.07) is 3.41. The standard InChI is InChI=1S/C14H21NO4/c1-2-3-8-19-14(18)13-7-5-11(9-15-13)4-6-12(17)10-16/h5,7,9,12,16-17H,2-4,6,8,10H2,1H3/t12-/m0/s1. The Morgan fingerprint density at radius 3 is 2.84 bits per heavy atom. The number of esters is 1. The van der Waals surface area contributed by atoms with Crippen LogP contribution in [0.15, 0.2) is 18.3 Å². The van der Waals surface area contributed by atoms with E-state index in [0.29, 0.717) is 25.1 Å². The van der Waals surface area contributed by atoms with E-state index in [2.05, 4.69) is 4.98 Å². The zero-order valence-corrected chi connectivity index (χ0v) is 11.2. The summed E-state index contributed by atoms with van der Waals surface area (Å²) in [6.07, 6.45) is 3.80. The van der Waals surface area contributed by atoms with E-state index in [4.69, 9.17) is 9.84 Å². The second kappa shape index (κ2) is 8.61. The summed E-state index contributed by atoms with van der Waals surface area (Å²) in [5, 5.41) is 17.9. The summed E-state index contributed by atoms with van der Waals surface area (Å²) < 4.78 is 5.05. The third-order valence-corrected chi connectivity index (χ3v) is 2.74. The first-order valence-corrected chi connectivity index (χ1v) is 6.58. The van der Waals surface area contributed by atoms with E-state index < -0.39 is 12.1 Å². The second-order valence-electron chi connectivity index (χ2n) is 4.42. The zero-order chi connectivity index (χ0) is 14.1. The number of pyridine rings is 1. The maximum atomic E-state index is 11.6. The number of hydrogen-bond acceptors (Lipinski definition) is 5. The molecule has 1 aromatic heterocycles. The van der Waals surface area contributed by atoms with Gasteiger partial charge in [0.2, 0.25) is 0 Å². The minimum Gasteiger partial charge on any atom is -0.461 e. The number of aliphatic hydroxyl groups is 2. The average Bonchev–Trinajstić information content (AvgIpc) is 2.45. The Morgan fingerprint density at radius 1 is 1.47 bits per heavy atom. The molecule has 0 unspecified atom stereocenters. The van der Waals surface area contributed by atoms with Gasteiger partial charge >= 0.3 is 5.97 Å². The van der Waals surface area contributed by atoms with Crippen LogP contribution in [-0.2, 0) is 11.2 Å². The lowest BCUT2D eigenvalue weighted by Gasteiger charge is -2.07. The van der Waals surface area contributed by atoms with Crippen molar-refractivity contribution in [2.24, 2.45) is 0 Å². The highest BCUT2D eigenvalue weighted by Crippen LogP contribution is 2.06. The largest absolute Gasteiger partial charge is 0.461 e. The number of aryl methyl sites for hydroxylation is 1. The molecule has 0 saturated carbocycles. The Hall–Kier alpha value is -1.46. The van der Waals surface area contributed by atoms with Crippen LogP contribution in [0.2, 0.25) is 0 Å². The Kier molecular flexibility index (Phi) is 7.07. The minimum atomic E-state index is -0.710. The SMILES string of the molecule is CCCCOC(=O)c1ccc(CC[C@H](O)CO)cn1. The number of aromatic nitrogens is 1. The molecule has 0 aromatic carbocycles. The number of ether oxygens (including phenoxy) is 1. The van der Waals surface area contributed by atoms with Crippen molar-refractivity contribution in [3.63, 3.8) is 0 Å². The molecule has 5 heteroatoms. The van der Waals surface area contributed by atoms with E-state index in [9.17, 15) is 9.90 Å². The molecule has 1 aromatic rings. The maximum absolute atomic E-state index is 11.6. The molecular weight excluding hydrogens is 246 g/mol. The number of carbonyl (C=O) groups is 1. The highest BCUT2D eigenvalue weighted by atomic mass is 16.5. The highest BCUT2D eigenvalue weighted by Gasteiger charge is 2.09. The third-order valence-electron chi connectivity index (χ3n) is 2.74. The highest BCUT2D eigenvalue weighted by molar-refractivity contribution is 5.87. The molecule has 106 valence electrons. The van der Waals surface area contributed by atoms with Crippen molar-refractivity contribution in [2.75, 3.05) is 13.2 Å². The van der Waals surface area contributed by atoms with Crippen LogP contribution in [0.1, 0.15) is 42.2 Å². The molecule has 0 aliphatic rings. The predicted molar refractivity (Wildman–Crippen MR) is 70.8 cm³/mol. The lowest BCUT2D eigenvalue weighted by Crippen LogP contribution is -2.13. The Labute approximate surface area is 113 Å². The molecule has 5 nitrogen and oxygen atoms in total. The summed E-state index contributed by atoms with van der Waals surface area (Å²) in [6.45, 7) is 2.21. The summed E-state index contributed by atoms with van der Waals surface area (Å²) >= 11 is 0. The van der Waals surface area contributed by atoms with Crippen molar-refractivity contribution in [2.45, 2.75) is 38.7 Å². The summed E-state index contributed by atoms with van der Waals surface area (Å²) in [5.74, 6) is -0.407. The Bertz CT molecular complexity index is 378. The van der Waals surface area contributed by atoms with Crippen molar-refractivity contribution >= 4 is 5.97 Å². The molecular formula is C14H21NO4. The van der Waals surface area contributed by atoms with Crippen LogP contribution in [-0.4, -0.2) is 40.5 Å². The van der Waals surface area contributed by atoms with Gasteiger partial charge in [0.05, 0.1) is 19.3 Å². The summed E-state index contributed by atoms with van der Waals surface area (Å²) in [4.78, 5) is 15.6. The number of hydrogen-bond donors (Lipinski definition) is 2. The fourth-order valence-electron chi connectivity index (χ4n) is 1.50. The summed E-state index contributed by atoms with van der Waals surface area (Å²) in [7, 11) is 0. The minimum absolute atomic E-state index is 0.241. The third kappa shape index (κ3) is 5.81. The molecule has 1 rings (SSSR count). The Balaban J connectivity index is 2.44. The van der Waals surface area contributed by atoms with Crippen LogP contribution in [0, 0.1) is 0 Å². The maximum Gasteiger partial charge on any atom is 0.356 e. The Morgan fingerprint density at radius 2 is 2.26 bits per heavy atom. The van der Waals surface area contributed by atoms with Crippen LogP contribution < -0.4 is 0 Å². The van der Waals surface area contributed by atoms with Gasteiger partial charge in [0.25, 0.3) is 0 Å². The molecule has 0 amide bonds. The molecule has 0 bridgehead atoms. The van der Waals surface area contributed by atoms with E-state index in [1.165, 1.54) is 0 Å². The van der Waals surface area contributed by atoms with Gasteiger partial charge in [-0.25, -0.2) is 9.78 Å². The number of nitrogens with zero attached hydrogens (tertiary/aromatic N) is 1. The van der Waals surface area contributed by atoms with Gasteiger partial charge in [-0.15, -0.1) is 0 Å². The molecule has 1 atom stereocenters. The number of rotatable bonds is 8. The van der Waals surface area contributed by atoms with Gasteiger partial charge in [-0.05, 0) is 30.9 Å². The fraction of sp³-hybridized carbons (Fsp3) is 0.571. The molecule has 0 fully saturated rings. The number of unbranched alkanes of at least 4 members (excludes halogenated alkanes) is 1. The molecule has 0 aliphatic carbocycles.